The molecular weight excluding hydrogens is 227 g/mol. The van der Waals surface area contributed by atoms with Gasteiger partial charge in [0.25, 0.3) is 0 Å². The van der Waals surface area contributed by atoms with Crippen LogP contribution in [0.3, 0.4) is 0 Å². The maximum absolute atomic E-state index is 13.1. The molecule has 0 saturated heterocycles. The number of aliphatic hydroxyl groups excluding tert-OH is 1. The van der Waals surface area contributed by atoms with Gasteiger partial charge in [-0.2, -0.15) is 0 Å². The second-order valence-corrected chi connectivity index (χ2v) is 3.91. The van der Waals surface area contributed by atoms with Gasteiger partial charge in [-0.15, -0.1) is 0 Å². The van der Waals surface area contributed by atoms with Crippen molar-refractivity contribution in [3.8, 4) is 0 Å². The van der Waals surface area contributed by atoms with E-state index >= 15 is 0 Å². The number of halogens is 1. The fourth-order valence-electron chi connectivity index (χ4n) is 1.50. The Morgan fingerprint density at radius 1 is 1.47 bits per heavy atom. The van der Waals surface area contributed by atoms with Crippen molar-refractivity contribution in [3.05, 3.63) is 29.6 Å². The summed E-state index contributed by atoms with van der Waals surface area (Å²) in [5.41, 5.74) is 6.00. The van der Waals surface area contributed by atoms with E-state index in [-0.39, 0.29) is 5.56 Å². The predicted octanol–water partition coefficient (Wildman–Crippen LogP) is 0.337. The van der Waals surface area contributed by atoms with Gasteiger partial charge < -0.3 is 20.8 Å². The van der Waals surface area contributed by atoms with Gasteiger partial charge in [0, 0.05) is 25.3 Å². The van der Waals surface area contributed by atoms with Gasteiger partial charge in [-0.25, -0.2) is 4.39 Å². The van der Waals surface area contributed by atoms with Gasteiger partial charge >= 0.3 is 5.97 Å². The molecule has 1 rings (SSSR count). The smallest absolute Gasteiger partial charge is 0.323 e. The number of rotatable bonds is 4. The molecule has 0 amide bonds. The van der Waals surface area contributed by atoms with Gasteiger partial charge in [0.1, 0.15) is 18.0 Å². The van der Waals surface area contributed by atoms with Gasteiger partial charge in [-0.1, -0.05) is 0 Å². The predicted molar refractivity (Wildman–Crippen MR) is 61.3 cm³/mol. The second kappa shape index (κ2) is 5.11. The molecule has 0 aliphatic heterocycles. The Kier molecular flexibility index (Phi) is 4.03. The van der Waals surface area contributed by atoms with Crippen molar-refractivity contribution in [1.29, 1.82) is 0 Å². The molecule has 0 aliphatic carbocycles. The zero-order valence-electron chi connectivity index (χ0n) is 9.59. The molecule has 0 spiro atoms. The largest absolute Gasteiger partial charge is 0.480 e. The average molecular weight is 242 g/mol. The summed E-state index contributed by atoms with van der Waals surface area (Å²) in [5, 5.41) is 18.5. The average Bonchev–Trinajstić information content (AvgIpc) is 2.26. The topological polar surface area (TPSA) is 86.8 Å². The highest BCUT2D eigenvalue weighted by atomic mass is 19.1. The summed E-state index contributed by atoms with van der Waals surface area (Å²) in [6.45, 7) is 0. The maximum Gasteiger partial charge on any atom is 0.323 e. The van der Waals surface area contributed by atoms with Crippen LogP contribution >= 0.6 is 0 Å². The van der Waals surface area contributed by atoms with Crippen molar-refractivity contribution in [1.82, 2.24) is 0 Å². The van der Waals surface area contributed by atoms with Crippen molar-refractivity contribution >= 4 is 11.7 Å². The monoisotopic (exact) mass is 242 g/mol. The number of carboxylic acid groups (broad SMARTS) is 1. The van der Waals surface area contributed by atoms with Crippen LogP contribution in [0.4, 0.5) is 10.1 Å². The van der Waals surface area contributed by atoms with Crippen LogP contribution in [0, 0.1) is 5.82 Å². The number of anilines is 1. The number of hydrogen-bond acceptors (Lipinski definition) is 4. The summed E-state index contributed by atoms with van der Waals surface area (Å²) in [6, 6.07) is 2.29. The molecule has 0 bridgehead atoms. The zero-order chi connectivity index (χ0) is 13.2. The summed E-state index contributed by atoms with van der Waals surface area (Å²) < 4.78 is 13.1. The van der Waals surface area contributed by atoms with Crippen LogP contribution in [0.2, 0.25) is 0 Å². The molecule has 6 heteroatoms. The molecule has 17 heavy (non-hydrogen) atoms. The van der Waals surface area contributed by atoms with E-state index in [1.807, 2.05) is 0 Å². The van der Waals surface area contributed by atoms with Gasteiger partial charge in [-0.05, 0) is 18.2 Å². The number of benzene rings is 1. The fourth-order valence-corrected chi connectivity index (χ4v) is 1.50. The van der Waals surface area contributed by atoms with Crippen LogP contribution < -0.4 is 10.6 Å². The SMILES string of the molecule is CN(C)c1ccc(F)cc1C(O)C(N)C(=O)O. The van der Waals surface area contributed by atoms with Crippen LogP contribution in [0.25, 0.3) is 0 Å². The molecule has 0 radical (unpaired) electrons. The zero-order valence-corrected chi connectivity index (χ0v) is 9.59. The molecule has 0 aliphatic rings. The van der Waals surface area contributed by atoms with E-state index in [0.717, 1.165) is 6.07 Å². The standard InChI is InChI=1S/C11H15FN2O3/c1-14(2)8-4-3-6(12)5-7(8)10(15)9(13)11(16)17/h3-5,9-10,15H,13H2,1-2H3,(H,16,17). The number of aliphatic hydroxyl groups is 1. The van der Waals surface area contributed by atoms with E-state index < -0.39 is 23.9 Å². The Balaban J connectivity index is 3.19. The van der Waals surface area contributed by atoms with E-state index in [2.05, 4.69) is 0 Å². The minimum atomic E-state index is -1.49. The van der Waals surface area contributed by atoms with Crippen molar-refractivity contribution in [3.63, 3.8) is 0 Å². The molecule has 4 N–H and O–H groups in total. The molecule has 0 saturated carbocycles. The first-order chi connectivity index (χ1) is 7.84. The molecule has 0 heterocycles. The molecule has 5 nitrogen and oxygen atoms in total. The minimum absolute atomic E-state index is 0.157. The van der Waals surface area contributed by atoms with Gasteiger partial charge in [-0.3, -0.25) is 4.79 Å². The molecular formula is C11H15FN2O3. The molecule has 2 atom stereocenters. The lowest BCUT2D eigenvalue weighted by molar-refractivity contribution is -0.141. The van der Waals surface area contributed by atoms with E-state index in [1.54, 1.807) is 19.0 Å². The molecule has 1 aromatic rings. The highest BCUT2D eigenvalue weighted by Gasteiger charge is 2.26. The Labute approximate surface area is 98.3 Å². The van der Waals surface area contributed by atoms with E-state index in [1.165, 1.54) is 12.1 Å². The summed E-state index contributed by atoms with van der Waals surface area (Å²) >= 11 is 0. The van der Waals surface area contributed by atoms with Crippen LogP contribution in [-0.2, 0) is 4.79 Å². The van der Waals surface area contributed by atoms with Crippen molar-refractivity contribution in [2.24, 2.45) is 5.73 Å². The van der Waals surface area contributed by atoms with Gasteiger partial charge in [0.15, 0.2) is 0 Å². The third-order valence-electron chi connectivity index (χ3n) is 2.42. The molecule has 0 aromatic heterocycles. The fraction of sp³-hybridized carbons (Fsp3) is 0.364. The number of carboxylic acids is 1. The lowest BCUT2D eigenvalue weighted by atomic mass is 10.0. The Morgan fingerprint density at radius 2 is 2.06 bits per heavy atom. The first-order valence-electron chi connectivity index (χ1n) is 4.97. The van der Waals surface area contributed by atoms with Gasteiger partial charge in [0.2, 0.25) is 0 Å². The van der Waals surface area contributed by atoms with Crippen LogP contribution in [0.15, 0.2) is 18.2 Å². The quantitative estimate of drug-likeness (QED) is 0.708. The summed E-state index contributed by atoms with van der Waals surface area (Å²) in [6.07, 6.45) is -1.46. The van der Waals surface area contributed by atoms with Crippen LogP contribution in [0.1, 0.15) is 11.7 Å². The minimum Gasteiger partial charge on any atom is -0.480 e. The highest BCUT2D eigenvalue weighted by Crippen LogP contribution is 2.27. The highest BCUT2D eigenvalue weighted by molar-refractivity contribution is 5.75. The molecule has 94 valence electrons. The summed E-state index contributed by atoms with van der Waals surface area (Å²) in [7, 11) is 3.41. The van der Waals surface area contributed by atoms with E-state index in [0.29, 0.717) is 5.69 Å². The molecule has 2 unspecified atom stereocenters. The van der Waals surface area contributed by atoms with Crippen molar-refractivity contribution < 1.29 is 19.4 Å². The summed E-state index contributed by atoms with van der Waals surface area (Å²) in [5.74, 6) is -1.89. The van der Waals surface area contributed by atoms with E-state index in [4.69, 9.17) is 10.8 Å². The lowest BCUT2D eigenvalue weighted by Gasteiger charge is -2.22. The third kappa shape index (κ3) is 2.92. The molecule has 1 aromatic carbocycles. The summed E-state index contributed by atoms with van der Waals surface area (Å²) in [4.78, 5) is 12.3. The first-order valence-corrected chi connectivity index (χ1v) is 4.97. The second-order valence-electron chi connectivity index (χ2n) is 3.91. The number of aliphatic carboxylic acids is 1. The van der Waals surface area contributed by atoms with Crippen LogP contribution in [-0.4, -0.2) is 36.3 Å². The van der Waals surface area contributed by atoms with E-state index in [9.17, 15) is 14.3 Å². The number of hydrogen-bond donors (Lipinski definition) is 3. The number of nitrogens with zero attached hydrogens (tertiary/aromatic N) is 1. The Hall–Kier alpha value is -1.66. The van der Waals surface area contributed by atoms with Gasteiger partial charge in [0.05, 0.1) is 0 Å². The first kappa shape index (κ1) is 13.4. The maximum atomic E-state index is 13.1. The Morgan fingerprint density at radius 3 is 2.53 bits per heavy atom. The van der Waals surface area contributed by atoms with Crippen molar-refractivity contribution in [2.75, 3.05) is 19.0 Å². The van der Waals surface area contributed by atoms with Crippen molar-refractivity contribution in [2.45, 2.75) is 12.1 Å². The normalized spacial score (nSPS) is 14.2. The number of nitrogens with two attached hydrogens (primary N) is 1. The number of carbonyl (C=O) groups is 1. The third-order valence-corrected chi connectivity index (χ3v) is 2.42. The lowest BCUT2D eigenvalue weighted by Crippen LogP contribution is -2.37. The van der Waals surface area contributed by atoms with Crippen LogP contribution in [0.5, 0.6) is 0 Å². The Bertz CT molecular complexity index is 423. The molecule has 0 fully saturated rings.